The molecule has 0 radical (unpaired) electrons. The first-order valence-electron chi connectivity index (χ1n) is 24.0. The van der Waals surface area contributed by atoms with Crippen molar-refractivity contribution in [3.63, 3.8) is 0 Å². The standard InChI is InChI=1S/C19H42NO5P/c1-5-6-7-8-9-10-11-12-13-14-16-23-18-19-25-26(21,22)24-17-15-20(2,3)4/h5-19H2,1-4H3/p+1/i1D2,2D3,3D3,4D3,5D2,6D2,7D2,8D2,9D2,10D2,11D2,12D2,13D2,14D2,15D2,17D2. The zero-order chi connectivity index (χ0) is 50.3. The Morgan fingerprint density at radius 1 is 0.885 bits per heavy atom. The van der Waals surface area contributed by atoms with Gasteiger partial charge in [0.15, 0.2) is 0 Å². The highest BCUT2D eigenvalue weighted by atomic mass is 31.2. The van der Waals surface area contributed by atoms with Crippen LogP contribution in [0.1, 0.15) is 119 Å². The summed E-state index contributed by atoms with van der Waals surface area (Å²) >= 11 is 0. The molecule has 0 bridgehead atoms. The Morgan fingerprint density at radius 2 is 1.50 bits per heavy atom. The minimum Gasteiger partial charge on any atom is -0.379 e. The maximum Gasteiger partial charge on any atom is 0.472 e. The number of rotatable bonds is 19. The number of quaternary nitrogens is 1. The Morgan fingerprint density at radius 3 is 2.12 bits per heavy atom. The van der Waals surface area contributed by atoms with Crippen LogP contribution in [0.25, 0.3) is 0 Å². The number of phosphoric acid groups is 1. The third kappa shape index (κ3) is 20.3. The summed E-state index contributed by atoms with van der Waals surface area (Å²) in [4.78, 5) is 10.1. The lowest BCUT2D eigenvalue weighted by molar-refractivity contribution is -0.870. The van der Waals surface area contributed by atoms with E-state index >= 15 is 0 Å². The fraction of sp³-hybridized carbons (Fsp3) is 1.00. The van der Waals surface area contributed by atoms with Crippen LogP contribution < -0.4 is 0 Å². The van der Waals surface area contributed by atoms with Crippen LogP contribution in [0.5, 0.6) is 0 Å². The van der Waals surface area contributed by atoms with Crippen molar-refractivity contribution in [2.45, 2.75) is 70.6 Å². The molecular weight excluding hydrogens is 353 g/mol. The molecule has 0 rings (SSSR count). The normalized spacial score (nSPS) is 42.6. The fourth-order valence-corrected chi connectivity index (χ4v) is 1.33. The second kappa shape index (κ2) is 16.0. The molecule has 0 heterocycles. The summed E-state index contributed by atoms with van der Waals surface area (Å²) in [6.45, 7) is -30.1. The predicted molar refractivity (Wildman–Crippen MR) is 107 cm³/mol. The van der Waals surface area contributed by atoms with E-state index < -0.39 is 137 Å². The first-order chi connectivity index (χ1) is 25.9. The van der Waals surface area contributed by atoms with E-state index in [9.17, 15) is 9.46 Å². The first kappa shape index (κ1) is 4.53. The molecule has 0 aliphatic carbocycles. The number of likely N-dealkylation sites (N-methyl/N-ethyl adjacent to an activating group) is 1. The lowest BCUT2D eigenvalue weighted by atomic mass is 10.1. The van der Waals surface area contributed by atoms with Crippen LogP contribution in [0.3, 0.4) is 0 Å². The van der Waals surface area contributed by atoms with Gasteiger partial charge in [0.25, 0.3) is 0 Å². The highest BCUT2D eigenvalue weighted by Gasteiger charge is 2.22. The van der Waals surface area contributed by atoms with E-state index in [4.69, 9.17) is 52.7 Å². The third-order valence-corrected chi connectivity index (χ3v) is 2.46. The molecule has 6 nitrogen and oxygen atoms in total. The van der Waals surface area contributed by atoms with E-state index in [0.29, 0.717) is 0 Å². The molecular formula is C19H43NO5P+. The Balaban J connectivity index is 6.55. The van der Waals surface area contributed by atoms with Gasteiger partial charge in [-0.15, -0.1) is 0 Å². The van der Waals surface area contributed by atoms with Crippen LogP contribution in [-0.2, 0) is 18.3 Å². The largest absolute Gasteiger partial charge is 0.472 e. The maximum atomic E-state index is 12.6. The van der Waals surface area contributed by atoms with Crippen LogP contribution >= 0.6 is 7.82 Å². The summed E-state index contributed by atoms with van der Waals surface area (Å²) in [5, 5.41) is 0. The van der Waals surface area contributed by atoms with Crippen molar-refractivity contribution in [1.82, 2.24) is 0 Å². The summed E-state index contributed by atoms with van der Waals surface area (Å²) in [5.41, 5.74) is 0. The van der Waals surface area contributed by atoms with Crippen molar-refractivity contribution in [1.29, 1.82) is 0 Å². The van der Waals surface area contributed by atoms with Gasteiger partial charge < -0.3 is 14.1 Å². The summed E-state index contributed by atoms with van der Waals surface area (Å²) in [7, 11) is -6.12. The van der Waals surface area contributed by atoms with Crippen LogP contribution in [-0.4, -0.2) is 63.2 Å². The fourth-order valence-electron chi connectivity index (χ4n) is 0.812. The number of hydrogen-bond donors (Lipinski definition) is 1. The predicted octanol–water partition coefficient (Wildman–Crippen LogP) is 4.76. The minimum atomic E-state index is -6.12. The lowest BCUT2D eigenvalue weighted by Crippen LogP contribution is -2.37. The second-order valence-corrected chi connectivity index (χ2v) is 5.03. The molecule has 1 atom stereocenters. The van der Waals surface area contributed by atoms with Crippen molar-refractivity contribution < 1.29 is 75.7 Å². The second-order valence-electron chi connectivity index (χ2n) is 3.65. The summed E-state index contributed by atoms with van der Waals surface area (Å²) < 4.78 is 297. The molecule has 0 saturated carbocycles. The molecule has 0 aliphatic heterocycles. The van der Waals surface area contributed by atoms with E-state index in [2.05, 4.69) is 9.05 Å². The zero-order valence-corrected chi connectivity index (χ0v) is 14.1. The van der Waals surface area contributed by atoms with Crippen molar-refractivity contribution in [2.75, 3.05) is 53.8 Å². The summed E-state index contributed by atoms with van der Waals surface area (Å²) in [5.74, 6) is 0. The van der Waals surface area contributed by atoms with Gasteiger partial charge in [-0.1, -0.05) is 64.2 Å². The quantitative estimate of drug-likeness (QED) is 0.181. The van der Waals surface area contributed by atoms with Gasteiger partial charge in [0, 0.05) is 36.8 Å². The molecule has 158 valence electrons. The van der Waals surface area contributed by atoms with Gasteiger partial charge in [0.1, 0.15) is 13.1 Å². The summed E-state index contributed by atoms with van der Waals surface area (Å²) in [6.07, 6.45) is -45.4. The Labute approximate surface area is 210 Å². The zero-order valence-electron chi connectivity index (χ0n) is 48.2. The maximum absolute atomic E-state index is 12.6. The molecule has 0 saturated heterocycles. The van der Waals surface area contributed by atoms with Crippen LogP contribution in [0, 0.1) is 0 Å². The number of nitrogens with zero attached hydrogens (tertiary/aromatic N) is 1. The molecule has 0 aromatic heterocycles. The molecule has 7 heteroatoms. The van der Waals surface area contributed by atoms with E-state index in [1.807, 2.05) is 0 Å². The molecule has 0 aliphatic rings. The van der Waals surface area contributed by atoms with Crippen LogP contribution in [0.2, 0.25) is 0 Å². The highest BCUT2D eigenvalue weighted by molar-refractivity contribution is 7.47. The van der Waals surface area contributed by atoms with Gasteiger partial charge in [0.05, 0.1) is 52.0 Å². The minimum absolute atomic E-state index is 1.25. The van der Waals surface area contributed by atoms with Crippen molar-refractivity contribution in [3.8, 4) is 0 Å². The van der Waals surface area contributed by atoms with E-state index in [0.717, 1.165) is 0 Å². The highest BCUT2D eigenvalue weighted by Crippen LogP contribution is 2.42. The molecule has 0 amide bonds. The smallest absolute Gasteiger partial charge is 0.379 e. The average molecular weight is 432 g/mol. The van der Waals surface area contributed by atoms with E-state index in [1.165, 1.54) is 0 Å². The molecule has 0 fully saturated rings. The summed E-state index contributed by atoms with van der Waals surface area (Å²) in [6, 6.07) is 0. The lowest BCUT2D eigenvalue weighted by Gasteiger charge is -2.24. The average Bonchev–Trinajstić information content (AvgIpc) is 2.96. The molecule has 1 N–H and O–H groups in total. The number of ether oxygens (including phenoxy) is 1. The van der Waals surface area contributed by atoms with E-state index in [1.54, 1.807) is 0 Å². The van der Waals surface area contributed by atoms with Crippen molar-refractivity contribution >= 4 is 7.82 Å². The molecule has 0 aromatic rings. The van der Waals surface area contributed by atoms with Crippen molar-refractivity contribution in [2.24, 2.45) is 0 Å². The molecule has 1 unspecified atom stereocenters. The molecule has 0 spiro atoms. The Hall–Kier alpha value is 0.0300. The topological polar surface area (TPSA) is 65.0 Å². The van der Waals surface area contributed by atoms with Gasteiger partial charge >= 0.3 is 7.82 Å². The van der Waals surface area contributed by atoms with Gasteiger partial charge in [-0.25, -0.2) is 4.57 Å². The number of hydrogen-bond acceptors (Lipinski definition) is 4. The molecule has 0 aromatic carbocycles. The molecule has 26 heavy (non-hydrogen) atoms. The first-order valence-corrected chi connectivity index (χ1v) is 7.85. The van der Waals surface area contributed by atoms with Gasteiger partial charge in [-0.3, -0.25) is 9.05 Å². The monoisotopic (exact) mass is 432 g/mol. The van der Waals surface area contributed by atoms with Crippen LogP contribution in [0.4, 0.5) is 0 Å². The van der Waals surface area contributed by atoms with Crippen LogP contribution in [0.15, 0.2) is 0 Å². The van der Waals surface area contributed by atoms with Gasteiger partial charge in [-0.05, 0) is 6.37 Å². The number of phosphoric ester groups is 1. The van der Waals surface area contributed by atoms with E-state index in [-0.39, 0.29) is 0 Å². The SMILES string of the molecule is [2H]C([2H])C([2H])([2H])C([2H])([2H])C([2H])([2H])C([2H])([2H])C([2H])([2H])C([2H])([2H])C([2H])([2H])C([2H])([2H])C([2H])([2H])C([2H])([2H])COCCOP(=O)(O)OC([2H])([2H])C([2H])([2H])[N+](C([2H])([2H])[2H])(C([2H])([2H])[2H])C([2H])([2H])[2H]. The van der Waals surface area contributed by atoms with Gasteiger partial charge in [0.2, 0.25) is 0 Å². The Kier molecular flexibility index (Phi) is 2.79. The third-order valence-electron chi connectivity index (χ3n) is 1.63. The van der Waals surface area contributed by atoms with Gasteiger partial charge in [-0.2, -0.15) is 0 Å². The Bertz CT molecular complexity index is 1540. The van der Waals surface area contributed by atoms with Crippen molar-refractivity contribution in [3.05, 3.63) is 0 Å².